The second-order valence-corrected chi connectivity index (χ2v) is 5.18. The van der Waals surface area contributed by atoms with E-state index in [9.17, 15) is 13.6 Å². The monoisotopic (exact) mass is 251 g/mol. The van der Waals surface area contributed by atoms with Crippen molar-refractivity contribution >= 4 is 5.78 Å². The zero-order valence-corrected chi connectivity index (χ0v) is 10.1. The highest BCUT2D eigenvalue weighted by molar-refractivity contribution is 5.79. The molecule has 96 valence electrons. The summed E-state index contributed by atoms with van der Waals surface area (Å²) in [5, 5.41) is 0. The maximum Gasteiger partial charge on any atom is 0.135 e. The van der Waals surface area contributed by atoms with Crippen LogP contribution in [0.5, 0.6) is 0 Å². The second kappa shape index (κ2) is 4.12. The molecule has 0 spiro atoms. The standard InChI is InChI=1S/C14H15F2NO/c15-10-1-2-12(13(16)9-10)14(5-6-14)17-7-3-11(18)4-8-17/h1-2,9H,3-8H2. The molecule has 0 aromatic heterocycles. The normalized spacial score (nSPS) is 23.1. The zero-order valence-electron chi connectivity index (χ0n) is 10.1. The van der Waals surface area contributed by atoms with E-state index in [1.165, 1.54) is 6.07 Å². The number of nitrogens with zero attached hydrogens (tertiary/aromatic N) is 1. The summed E-state index contributed by atoms with van der Waals surface area (Å²) in [6, 6.07) is 3.81. The van der Waals surface area contributed by atoms with Gasteiger partial charge in [0.15, 0.2) is 0 Å². The molecule has 1 aromatic rings. The lowest BCUT2D eigenvalue weighted by atomic mass is 9.98. The van der Waals surface area contributed by atoms with Crippen LogP contribution in [-0.2, 0) is 10.3 Å². The average Bonchev–Trinajstić information content (AvgIpc) is 3.11. The van der Waals surface area contributed by atoms with Crippen LogP contribution in [0.4, 0.5) is 8.78 Å². The highest BCUT2D eigenvalue weighted by Crippen LogP contribution is 2.52. The molecule has 1 aliphatic carbocycles. The number of likely N-dealkylation sites (tertiary alicyclic amines) is 1. The van der Waals surface area contributed by atoms with E-state index in [0.29, 0.717) is 31.5 Å². The highest BCUT2D eigenvalue weighted by atomic mass is 19.1. The molecule has 1 saturated heterocycles. The number of piperidine rings is 1. The Morgan fingerprint density at radius 1 is 1.11 bits per heavy atom. The van der Waals surface area contributed by atoms with Crippen LogP contribution in [0.1, 0.15) is 31.2 Å². The van der Waals surface area contributed by atoms with Gasteiger partial charge in [-0.2, -0.15) is 0 Å². The van der Waals surface area contributed by atoms with Gasteiger partial charge in [-0.3, -0.25) is 9.69 Å². The first kappa shape index (κ1) is 11.8. The van der Waals surface area contributed by atoms with Crippen molar-refractivity contribution in [3.05, 3.63) is 35.4 Å². The minimum Gasteiger partial charge on any atom is -0.300 e. The van der Waals surface area contributed by atoms with Crippen molar-refractivity contribution in [1.82, 2.24) is 4.90 Å². The fourth-order valence-electron chi connectivity index (χ4n) is 2.93. The lowest BCUT2D eigenvalue weighted by molar-refractivity contribution is -0.122. The van der Waals surface area contributed by atoms with Gasteiger partial charge in [-0.05, 0) is 18.9 Å². The quantitative estimate of drug-likeness (QED) is 0.805. The minimum absolute atomic E-state index is 0.279. The summed E-state index contributed by atoms with van der Waals surface area (Å²) in [6.07, 6.45) is 2.88. The van der Waals surface area contributed by atoms with Gasteiger partial charge in [0.05, 0.1) is 0 Å². The number of carbonyl (C=O) groups excluding carboxylic acids is 1. The molecular formula is C14H15F2NO. The Morgan fingerprint density at radius 3 is 2.33 bits per heavy atom. The number of benzene rings is 1. The summed E-state index contributed by atoms with van der Waals surface area (Å²) in [6.45, 7) is 1.38. The molecule has 4 heteroatoms. The lowest BCUT2D eigenvalue weighted by Crippen LogP contribution is -2.42. The van der Waals surface area contributed by atoms with Gasteiger partial charge in [-0.15, -0.1) is 0 Å². The van der Waals surface area contributed by atoms with Gasteiger partial charge in [0, 0.05) is 43.1 Å². The van der Waals surface area contributed by atoms with E-state index in [-0.39, 0.29) is 11.3 Å². The molecule has 2 nitrogen and oxygen atoms in total. The molecule has 2 aliphatic rings. The van der Waals surface area contributed by atoms with E-state index < -0.39 is 11.6 Å². The van der Waals surface area contributed by atoms with Crippen LogP contribution >= 0.6 is 0 Å². The maximum atomic E-state index is 13.9. The van der Waals surface area contributed by atoms with Crippen molar-refractivity contribution in [2.75, 3.05) is 13.1 Å². The van der Waals surface area contributed by atoms with Crippen LogP contribution in [0.15, 0.2) is 18.2 Å². The molecule has 0 radical (unpaired) electrons. The first-order chi connectivity index (χ1) is 8.62. The van der Waals surface area contributed by atoms with Crippen LogP contribution < -0.4 is 0 Å². The Bertz CT molecular complexity index is 487. The predicted octanol–water partition coefficient (Wildman–Crippen LogP) is 2.62. The molecule has 0 N–H and O–H groups in total. The SMILES string of the molecule is O=C1CCN(C2(c3ccc(F)cc3F)CC2)CC1. The van der Waals surface area contributed by atoms with Crippen LogP contribution in [0.3, 0.4) is 0 Å². The van der Waals surface area contributed by atoms with Gasteiger partial charge in [0.2, 0.25) is 0 Å². The van der Waals surface area contributed by atoms with E-state index in [2.05, 4.69) is 4.90 Å². The molecule has 0 amide bonds. The molecule has 1 heterocycles. The summed E-state index contributed by atoms with van der Waals surface area (Å²) >= 11 is 0. The summed E-state index contributed by atoms with van der Waals surface area (Å²) < 4.78 is 26.8. The average molecular weight is 251 g/mol. The molecule has 18 heavy (non-hydrogen) atoms. The fraction of sp³-hybridized carbons (Fsp3) is 0.500. The Balaban J connectivity index is 1.88. The lowest BCUT2D eigenvalue weighted by Gasteiger charge is -2.35. The van der Waals surface area contributed by atoms with Crippen molar-refractivity contribution in [2.45, 2.75) is 31.2 Å². The van der Waals surface area contributed by atoms with Crippen LogP contribution in [0.2, 0.25) is 0 Å². The number of hydrogen-bond acceptors (Lipinski definition) is 2. The van der Waals surface area contributed by atoms with E-state index in [0.717, 1.165) is 18.9 Å². The Kier molecular flexibility index (Phi) is 2.70. The molecule has 0 atom stereocenters. The van der Waals surface area contributed by atoms with Gasteiger partial charge < -0.3 is 0 Å². The van der Waals surface area contributed by atoms with Crippen molar-refractivity contribution in [3.63, 3.8) is 0 Å². The number of ketones is 1. The molecule has 0 bridgehead atoms. The van der Waals surface area contributed by atoms with Gasteiger partial charge in [-0.1, -0.05) is 6.07 Å². The number of hydrogen-bond donors (Lipinski definition) is 0. The topological polar surface area (TPSA) is 20.3 Å². The van der Waals surface area contributed by atoms with E-state index in [1.807, 2.05) is 0 Å². The number of halogens is 2. The molecule has 2 fully saturated rings. The van der Waals surface area contributed by atoms with Crippen LogP contribution in [0.25, 0.3) is 0 Å². The molecule has 1 aromatic carbocycles. The third-order valence-electron chi connectivity index (χ3n) is 4.08. The van der Waals surface area contributed by atoms with E-state index in [4.69, 9.17) is 0 Å². The predicted molar refractivity (Wildman–Crippen MR) is 63.1 cm³/mol. The molecule has 1 aliphatic heterocycles. The van der Waals surface area contributed by atoms with Gasteiger partial charge in [0.1, 0.15) is 17.4 Å². The first-order valence-corrected chi connectivity index (χ1v) is 6.34. The number of Topliss-reactive ketones (excluding diaryl/α,β-unsaturated/α-hetero) is 1. The summed E-state index contributed by atoms with van der Waals surface area (Å²) in [4.78, 5) is 13.4. The maximum absolute atomic E-state index is 13.9. The molecule has 3 rings (SSSR count). The van der Waals surface area contributed by atoms with Crippen molar-refractivity contribution in [3.8, 4) is 0 Å². The number of carbonyl (C=O) groups is 1. The third-order valence-corrected chi connectivity index (χ3v) is 4.08. The minimum atomic E-state index is -0.541. The molecule has 0 unspecified atom stereocenters. The summed E-state index contributed by atoms with van der Waals surface area (Å²) in [5.41, 5.74) is 0.302. The van der Waals surface area contributed by atoms with Gasteiger partial charge in [-0.25, -0.2) is 8.78 Å². The molecular weight excluding hydrogens is 236 g/mol. The summed E-state index contributed by atoms with van der Waals surface area (Å²) in [7, 11) is 0. The van der Waals surface area contributed by atoms with Gasteiger partial charge in [0.25, 0.3) is 0 Å². The van der Waals surface area contributed by atoms with Crippen molar-refractivity contribution < 1.29 is 13.6 Å². The second-order valence-electron chi connectivity index (χ2n) is 5.18. The van der Waals surface area contributed by atoms with Crippen molar-refractivity contribution in [2.24, 2.45) is 0 Å². The highest BCUT2D eigenvalue weighted by Gasteiger charge is 2.51. The Morgan fingerprint density at radius 2 is 1.78 bits per heavy atom. The largest absolute Gasteiger partial charge is 0.300 e. The Hall–Kier alpha value is -1.29. The first-order valence-electron chi connectivity index (χ1n) is 6.34. The third kappa shape index (κ3) is 1.85. The van der Waals surface area contributed by atoms with Crippen LogP contribution in [0, 0.1) is 11.6 Å². The van der Waals surface area contributed by atoms with E-state index >= 15 is 0 Å². The van der Waals surface area contributed by atoms with E-state index in [1.54, 1.807) is 6.07 Å². The fourth-order valence-corrected chi connectivity index (χ4v) is 2.93. The zero-order chi connectivity index (χ0) is 12.8. The number of rotatable bonds is 2. The summed E-state index contributed by atoms with van der Waals surface area (Å²) in [5.74, 6) is -0.730. The molecule has 1 saturated carbocycles. The van der Waals surface area contributed by atoms with Crippen molar-refractivity contribution in [1.29, 1.82) is 0 Å². The van der Waals surface area contributed by atoms with Gasteiger partial charge >= 0.3 is 0 Å². The Labute approximate surface area is 105 Å². The smallest absolute Gasteiger partial charge is 0.135 e. The van der Waals surface area contributed by atoms with Crippen LogP contribution in [-0.4, -0.2) is 23.8 Å².